The summed E-state index contributed by atoms with van der Waals surface area (Å²) in [4.78, 5) is 11.0. The molecule has 1 N–H and O–H groups in total. The topological polar surface area (TPSA) is 52.9 Å². The first-order valence-corrected chi connectivity index (χ1v) is 4.44. The predicted octanol–water partition coefficient (Wildman–Crippen LogP) is 1.59. The number of hydrogen-bond acceptors (Lipinski definition) is 2. The van der Waals surface area contributed by atoms with Crippen LogP contribution in [-0.2, 0) is 11.2 Å². The Bertz CT molecular complexity index is 340. The minimum absolute atomic E-state index is 0.237. The number of carbonyl (C=O) groups is 1. The molecule has 4 heteroatoms. The zero-order valence-corrected chi connectivity index (χ0v) is 8.34. The number of nitrogens with zero attached hydrogens (tertiary/aromatic N) is 1. The molecular weight excluding hydrogens is 232 g/mol. The zero-order chi connectivity index (χ0) is 9.68. The highest BCUT2D eigenvalue weighted by Crippen LogP contribution is 2.10. The van der Waals surface area contributed by atoms with Gasteiger partial charge < -0.3 is 0 Å². The molecule has 0 fully saturated rings. The maximum absolute atomic E-state index is 11.0. The third-order valence-electron chi connectivity index (χ3n) is 1.47. The van der Waals surface area contributed by atoms with E-state index in [1.807, 2.05) is 24.3 Å². The van der Waals surface area contributed by atoms with E-state index in [0.717, 1.165) is 10.0 Å². The van der Waals surface area contributed by atoms with Crippen molar-refractivity contribution in [1.29, 1.82) is 5.26 Å². The number of hydrogen-bond donors (Lipinski definition) is 1. The van der Waals surface area contributed by atoms with Crippen LogP contribution in [-0.4, -0.2) is 5.91 Å². The predicted molar refractivity (Wildman–Crippen MR) is 51.6 cm³/mol. The molecule has 0 spiro atoms. The fraction of sp³-hybridized carbons (Fsp3) is 0.111. The SMILES string of the molecule is N#CNC(=O)Cc1ccc(Br)cc1. The normalized spacial score (nSPS) is 8.92. The number of rotatable bonds is 2. The van der Waals surface area contributed by atoms with Crippen molar-refractivity contribution >= 4 is 21.8 Å². The molecule has 0 aliphatic carbocycles. The number of benzene rings is 1. The van der Waals surface area contributed by atoms with Crippen LogP contribution in [0.4, 0.5) is 0 Å². The Hall–Kier alpha value is -1.34. The molecule has 1 aromatic rings. The lowest BCUT2D eigenvalue weighted by atomic mass is 10.1. The van der Waals surface area contributed by atoms with E-state index in [1.54, 1.807) is 6.19 Å². The van der Waals surface area contributed by atoms with Gasteiger partial charge in [-0.1, -0.05) is 28.1 Å². The van der Waals surface area contributed by atoms with Gasteiger partial charge in [0.2, 0.25) is 5.91 Å². The molecule has 0 unspecified atom stereocenters. The van der Waals surface area contributed by atoms with Crippen molar-refractivity contribution < 1.29 is 4.79 Å². The Kier molecular flexibility index (Phi) is 3.47. The molecule has 0 saturated carbocycles. The summed E-state index contributed by atoms with van der Waals surface area (Å²) < 4.78 is 0.969. The molecule has 0 bridgehead atoms. The second-order valence-corrected chi connectivity index (χ2v) is 3.38. The van der Waals surface area contributed by atoms with Crippen molar-refractivity contribution in [3.63, 3.8) is 0 Å². The minimum Gasteiger partial charge on any atom is -0.274 e. The summed E-state index contributed by atoms with van der Waals surface area (Å²) in [5.41, 5.74) is 0.885. The van der Waals surface area contributed by atoms with E-state index in [-0.39, 0.29) is 12.3 Å². The van der Waals surface area contributed by atoms with Gasteiger partial charge in [-0.15, -0.1) is 0 Å². The standard InChI is InChI=1S/C9H7BrN2O/c10-8-3-1-7(2-4-8)5-9(13)12-6-11/h1-4H,5H2,(H,12,13). The van der Waals surface area contributed by atoms with Gasteiger partial charge in [-0.05, 0) is 17.7 Å². The Balaban J connectivity index is 2.60. The number of carbonyl (C=O) groups excluding carboxylic acids is 1. The van der Waals surface area contributed by atoms with Gasteiger partial charge in [-0.2, -0.15) is 5.26 Å². The molecule has 0 aromatic heterocycles. The van der Waals surface area contributed by atoms with Gasteiger partial charge in [-0.25, -0.2) is 0 Å². The lowest BCUT2D eigenvalue weighted by molar-refractivity contribution is -0.119. The molecule has 1 aromatic carbocycles. The first kappa shape index (κ1) is 9.75. The summed E-state index contributed by atoms with van der Waals surface area (Å²) in [5.74, 6) is -0.287. The molecule has 3 nitrogen and oxygen atoms in total. The number of halogens is 1. The van der Waals surface area contributed by atoms with E-state index in [0.29, 0.717) is 0 Å². The van der Waals surface area contributed by atoms with E-state index in [9.17, 15) is 4.79 Å². The van der Waals surface area contributed by atoms with Crippen molar-refractivity contribution in [2.45, 2.75) is 6.42 Å². The van der Waals surface area contributed by atoms with E-state index in [4.69, 9.17) is 5.26 Å². The number of amides is 1. The molecule has 13 heavy (non-hydrogen) atoms. The highest BCUT2D eigenvalue weighted by molar-refractivity contribution is 9.10. The van der Waals surface area contributed by atoms with Crippen LogP contribution in [0.3, 0.4) is 0 Å². The largest absolute Gasteiger partial charge is 0.274 e. The number of nitriles is 1. The van der Waals surface area contributed by atoms with Gasteiger partial charge in [0.1, 0.15) is 0 Å². The van der Waals surface area contributed by atoms with Crippen LogP contribution in [0, 0.1) is 11.5 Å². The van der Waals surface area contributed by atoms with Crippen LogP contribution in [0.15, 0.2) is 28.7 Å². The second-order valence-electron chi connectivity index (χ2n) is 2.46. The van der Waals surface area contributed by atoms with Gasteiger partial charge in [0.15, 0.2) is 6.19 Å². The first-order valence-electron chi connectivity index (χ1n) is 3.65. The zero-order valence-electron chi connectivity index (χ0n) is 6.75. The molecule has 0 aliphatic rings. The second kappa shape index (κ2) is 4.63. The van der Waals surface area contributed by atoms with Gasteiger partial charge >= 0.3 is 0 Å². The summed E-state index contributed by atoms with van der Waals surface area (Å²) in [5, 5.41) is 10.2. The van der Waals surface area contributed by atoms with Crippen LogP contribution < -0.4 is 5.32 Å². The van der Waals surface area contributed by atoms with Crippen molar-refractivity contribution in [2.24, 2.45) is 0 Å². The van der Waals surface area contributed by atoms with Crippen molar-refractivity contribution in [1.82, 2.24) is 5.32 Å². The maximum Gasteiger partial charge on any atom is 0.237 e. The molecule has 0 atom stereocenters. The summed E-state index contributed by atoms with van der Waals surface area (Å²) in [6.07, 6.45) is 1.83. The monoisotopic (exact) mass is 238 g/mol. The smallest absolute Gasteiger partial charge is 0.237 e. The summed E-state index contributed by atoms with van der Waals surface area (Å²) in [6, 6.07) is 7.38. The average molecular weight is 239 g/mol. The molecule has 66 valence electrons. The fourth-order valence-electron chi connectivity index (χ4n) is 0.894. The lowest BCUT2D eigenvalue weighted by Gasteiger charge is -1.98. The Morgan fingerprint density at radius 2 is 2.08 bits per heavy atom. The van der Waals surface area contributed by atoms with Crippen molar-refractivity contribution in [2.75, 3.05) is 0 Å². The summed E-state index contributed by atoms with van der Waals surface area (Å²) >= 11 is 3.29. The van der Waals surface area contributed by atoms with Gasteiger partial charge in [-0.3, -0.25) is 10.1 Å². The Morgan fingerprint density at radius 3 is 2.62 bits per heavy atom. The van der Waals surface area contributed by atoms with E-state index >= 15 is 0 Å². The van der Waals surface area contributed by atoms with Crippen LogP contribution >= 0.6 is 15.9 Å². The fourth-order valence-corrected chi connectivity index (χ4v) is 1.16. The third-order valence-corrected chi connectivity index (χ3v) is 2.00. The number of nitrogens with one attached hydrogen (secondary N) is 1. The Labute approximate surface area is 84.5 Å². The summed E-state index contributed by atoms with van der Waals surface area (Å²) in [6.45, 7) is 0. The van der Waals surface area contributed by atoms with Crippen molar-refractivity contribution in [3.8, 4) is 6.19 Å². The quantitative estimate of drug-likeness (QED) is 0.629. The molecule has 0 saturated heterocycles. The third kappa shape index (κ3) is 3.26. The van der Waals surface area contributed by atoms with Gasteiger partial charge in [0.25, 0.3) is 0 Å². The molecule has 0 aliphatic heterocycles. The highest BCUT2D eigenvalue weighted by atomic mass is 79.9. The van der Waals surface area contributed by atoms with Crippen LogP contribution in [0.1, 0.15) is 5.56 Å². The van der Waals surface area contributed by atoms with E-state index in [2.05, 4.69) is 21.2 Å². The Morgan fingerprint density at radius 1 is 1.46 bits per heavy atom. The molecular formula is C9H7BrN2O. The van der Waals surface area contributed by atoms with Gasteiger partial charge in [0, 0.05) is 4.47 Å². The van der Waals surface area contributed by atoms with Crippen LogP contribution in [0.2, 0.25) is 0 Å². The molecule has 1 amide bonds. The molecule has 0 radical (unpaired) electrons. The van der Waals surface area contributed by atoms with Gasteiger partial charge in [0.05, 0.1) is 6.42 Å². The van der Waals surface area contributed by atoms with E-state index < -0.39 is 0 Å². The molecule has 0 heterocycles. The van der Waals surface area contributed by atoms with Crippen molar-refractivity contribution in [3.05, 3.63) is 34.3 Å². The minimum atomic E-state index is -0.287. The summed E-state index contributed by atoms with van der Waals surface area (Å²) in [7, 11) is 0. The maximum atomic E-state index is 11.0. The first-order chi connectivity index (χ1) is 6.22. The molecule has 1 rings (SSSR count). The lowest BCUT2D eigenvalue weighted by Crippen LogP contribution is -2.19. The highest BCUT2D eigenvalue weighted by Gasteiger charge is 2.01. The van der Waals surface area contributed by atoms with E-state index in [1.165, 1.54) is 0 Å². The average Bonchev–Trinajstić information content (AvgIpc) is 2.09. The van der Waals surface area contributed by atoms with Crippen LogP contribution in [0.25, 0.3) is 0 Å². The van der Waals surface area contributed by atoms with Crippen LogP contribution in [0.5, 0.6) is 0 Å².